The van der Waals surface area contributed by atoms with Crippen molar-refractivity contribution in [3.63, 3.8) is 0 Å². The van der Waals surface area contributed by atoms with Crippen molar-refractivity contribution in [2.75, 3.05) is 17.4 Å². The second-order valence-corrected chi connectivity index (χ2v) is 9.37. The maximum absolute atomic E-state index is 13.5. The predicted molar refractivity (Wildman–Crippen MR) is 117 cm³/mol. The van der Waals surface area contributed by atoms with Gasteiger partial charge in [-0.1, -0.05) is 31.2 Å². The maximum atomic E-state index is 13.5. The highest BCUT2D eigenvalue weighted by Gasteiger charge is 2.29. The Morgan fingerprint density at radius 1 is 1.10 bits per heavy atom. The number of carbonyl (C=O) groups is 1. The number of carbonyl (C=O) groups excluding carboxylic acids is 1. The average Bonchev–Trinajstić information content (AvgIpc) is 2.74. The lowest BCUT2D eigenvalue weighted by Crippen LogP contribution is -2.43. The first-order valence-electron chi connectivity index (χ1n) is 10.4. The molecule has 0 aromatic heterocycles. The summed E-state index contributed by atoms with van der Waals surface area (Å²) in [5.41, 5.74) is 1.70. The third-order valence-corrected chi connectivity index (χ3v) is 7.74. The number of benzene rings is 2. The number of aryl methyl sites for hydroxylation is 1. The number of likely N-dealkylation sites (tertiary alicyclic amines) is 1. The third kappa shape index (κ3) is 4.32. The number of rotatable bonds is 6. The maximum Gasteiger partial charge on any atom is 0.264 e. The fourth-order valence-corrected chi connectivity index (χ4v) is 5.80. The van der Waals surface area contributed by atoms with Crippen molar-refractivity contribution in [2.45, 2.75) is 57.4 Å². The zero-order valence-electron chi connectivity index (χ0n) is 17.5. The van der Waals surface area contributed by atoms with Crippen molar-refractivity contribution in [1.29, 1.82) is 0 Å². The molecule has 6 heteroatoms. The molecular weight excluding hydrogens is 384 g/mol. The van der Waals surface area contributed by atoms with Crippen LogP contribution in [0.3, 0.4) is 0 Å². The van der Waals surface area contributed by atoms with Crippen molar-refractivity contribution >= 4 is 21.6 Å². The number of sulfonamides is 1. The number of amides is 1. The molecule has 0 radical (unpaired) electrons. The lowest BCUT2D eigenvalue weighted by Gasteiger charge is -2.35. The van der Waals surface area contributed by atoms with Gasteiger partial charge in [-0.15, -0.1) is 0 Å². The second-order valence-electron chi connectivity index (χ2n) is 7.54. The van der Waals surface area contributed by atoms with E-state index < -0.39 is 10.0 Å². The van der Waals surface area contributed by atoms with Crippen LogP contribution < -0.4 is 4.31 Å². The van der Waals surface area contributed by atoms with Gasteiger partial charge in [-0.3, -0.25) is 9.10 Å². The van der Waals surface area contributed by atoms with Gasteiger partial charge in [-0.25, -0.2) is 8.42 Å². The molecule has 0 spiro atoms. The zero-order valence-corrected chi connectivity index (χ0v) is 18.3. The van der Waals surface area contributed by atoms with Crippen LogP contribution in [0.15, 0.2) is 53.4 Å². The normalized spacial score (nSPS) is 17.2. The van der Waals surface area contributed by atoms with E-state index in [-0.39, 0.29) is 16.8 Å². The second kappa shape index (κ2) is 8.99. The summed E-state index contributed by atoms with van der Waals surface area (Å²) in [5.74, 6) is -0.0734. The summed E-state index contributed by atoms with van der Waals surface area (Å²) in [5, 5.41) is 0. The summed E-state index contributed by atoms with van der Waals surface area (Å²) >= 11 is 0. The molecule has 1 aliphatic heterocycles. The quantitative estimate of drug-likeness (QED) is 0.693. The molecule has 156 valence electrons. The Bertz CT molecular complexity index is 957. The van der Waals surface area contributed by atoms with E-state index in [1.54, 1.807) is 37.3 Å². The number of hydrogen-bond acceptors (Lipinski definition) is 3. The lowest BCUT2D eigenvalue weighted by atomic mass is 9.98. The highest BCUT2D eigenvalue weighted by molar-refractivity contribution is 7.92. The largest absolute Gasteiger partial charge is 0.336 e. The number of piperidine rings is 1. The number of hydrogen-bond donors (Lipinski definition) is 0. The predicted octanol–water partition coefficient (Wildman–Crippen LogP) is 4.61. The summed E-state index contributed by atoms with van der Waals surface area (Å²) < 4.78 is 28.3. The van der Waals surface area contributed by atoms with E-state index in [0.717, 1.165) is 32.2 Å². The van der Waals surface area contributed by atoms with Crippen LogP contribution in [0.2, 0.25) is 0 Å². The minimum absolute atomic E-state index is 0.0734. The lowest BCUT2D eigenvalue weighted by molar-refractivity contribution is 0.0608. The molecule has 0 aliphatic carbocycles. The SMILES string of the molecule is CCC1CCCCN1C(=O)c1ccc(C)c(S(=O)(=O)N(CC)c2ccccc2)c1. The molecule has 3 rings (SSSR count). The Kier molecular flexibility index (Phi) is 6.63. The first kappa shape index (κ1) is 21.4. The van der Waals surface area contributed by atoms with E-state index in [2.05, 4.69) is 6.92 Å². The molecule has 29 heavy (non-hydrogen) atoms. The van der Waals surface area contributed by atoms with Gasteiger partial charge in [0.05, 0.1) is 10.6 Å². The molecular formula is C23H30N2O3S. The van der Waals surface area contributed by atoms with E-state index in [0.29, 0.717) is 23.4 Å². The molecule has 0 N–H and O–H groups in total. The zero-order chi connectivity index (χ0) is 21.0. The van der Waals surface area contributed by atoms with Gasteiger partial charge < -0.3 is 4.90 Å². The number of nitrogens with zero attached hydrogens (tertiary/aromatic N) is 2. The average molecular weight is 415 g/mol. The van der Waals surface area contributed by atoms with Gasteiger partial charge in [-0.05, 0) is 69.4 Å². The van der Waals surface area contributed by atoms with E-state index in [1.165, 1.54) is 4.31 Å². The number of para-hydroxylation sites is 1. The Morgan fingerprint density at radius 2 is 1.83 bits per heavy atom. The van der Waals surface area contributed by atoms with Crippen LogP contribution in [0.4, 0.5) is 5.69 Å². The Balaban J connectivity index is 1.99. The highest BCUT2D eigenvalue weighted by Crippen LogP contribution is 2.28. The van der Waals surface area contributed by atoms with Crippen molar-refractivity contribution in [2.24, 2.45) is 0 Å². The topological polar surface area (TPSA) is 57.7 Å². The highest BCUT2D eigenvalue weighted by atomic mass is 32.2. The van der Waals surface area contributed by atoms with Crippen molar-refractivity contribution < 1.29 is 13.2 Å². The van der Waals surface area contributed by atoms with Crippen LogP contribution in [-0.4, -0.2) is 38.4 Å². The summed E-state index contributed by atoms with van der Waals surface area (Å²) in [7, 11) is -3.78. The molecule has 1 fully saturated rings. The van der Waals surface area contributed by atoms with E-state index in [9.17, 15) is 13.2 Å². The molecule has 1 amide bonds. The van der Waals surface area contributed by atoms with Gasteiger partial charge in [0.25, 0.3) is 15.9 Å². The minimum atomic E-state index is -3.78. The Morgan fingerprint density at radius 3 is 2.48 bits per heavy atom. The van der Waals surface area contributed by atoms with Crippen LogP contribution in [0, 0.1) is 6.92 Å². The summed E-state index contributed by atoms with van der Waals surface area (Å²) in [6.45, 7) is 6.73. The Hall–Kier alpha value is -2.34. The molecule has 1 aliphatic rings. The number of anilines is 1. The first-order chi connectivity index (χ1) is 13.9. The van der Waals surface area contributed by atoms with Gasteiger partial charge in [0, 0.05) is 24.7 Å². The van der Waals surface area contributed by atoms with Gasteiger partial charge in [0.15, 0.2) is 0 Å². The van der Waals surface area contributed by atoms with E-state index >= 15 is 0 Å². The molecule has 1 unspecified atom stereocenters. The van der Waals surface area contributed by atoms with Gasteiger partial charge in [0.1, 0.15) is 0 Å². The molecule has 2 aromatic carbocycles. The molecule has 1 saturated heterocycles. The van der Waals surface area contributed by atoms with Crippen molar-refractivity contribution in [3.8, 4) is 0 Å². The molecule has 2 aromatic rings. The smallest absolute Gasteiger partial charge is 0.264 e. The van der Waals surface area contributed by atoms with Gasteiger partial charge in [0.2, 0.25) is 0 Å². The molecule has 0 saturated carbocycles. The van der Waals surface area contributed by atoms with Crippen LogP contribution in [0.1, 0.15) is 55.5 Å². The van der Waals surface area contributed by atoms with Crippen LogP contribution in [-0.2, 0) is 10.0 Å². The third-order valence-electron chi connectivity index (χ3n) is 5.69. The summed E-state index contributed by atoms with van der Waals surface area (Å²) in [6.07, 6.45) is 4.06. The summed E-state index contributed by atoms with van der Waals surface area (Å²) in [4.78, 5) is 15.3. The Labute approximate surface area is 174 Å². The minimum Gasteiger partial charge on any atom is -0.336 e. The fraction of sp³-hybridized carbons (Fsp3) is 0.435. The van der Waals surface area contributed by atoms with Crippen LogP contribution in [0.25, 0.3) is 0 Å². The molecule has 1 heterocycles. The monoisotopic (exact) mass is 414 g/mol. The van der Waals surface area contributed by atoms with Gasteiger partial charge >= 0.3 is 0 Å². The summed E-state index contributed by atoms with van der Waals surface area (Å²) in [6, 6.07) is 14.3. The van der Waals surface area contributed by atoms with Crippen LogP contribution in [0.5, 0.6) is 0 Å². The van der Waals surface area contributed by atoms with E-state index in [4.69, 9.17) is 0 Å². The first-order valence-corrected chi connectivity index (χ1v) is 11.8. The standard InChI is InChI=1S/C23H30N2O3S/c1-4-20-11-9-10-16-24(20)23(26)19-15-14-18(3)22(17-19)29(27,28)25(5-2)21-12-7-6-8-13-21/h6-8,12-15,17,20H,4-5,9-11,16H2,1-3H3. The molecule has 0 bridgehead atoms. The van der Waals surface area contributed by atoms with Crippen LogP contribution >= 0.6 is 0 Å². The van der Waals surface area contributed by atoms with E-state index in [1.807, 2.05) is 30.0 Å². The molecule has 1 atom stereocenters. The molecule has 5 nitrogen and oxygen atoms in total. The fourth-order valence-electron chi connectivity index (χ4n) is 4.07. The van der Waals surface area contributed by atoms with Crippen molar-refractivity contribution in [3.05, 3.63) is 59.7 Å². The van der Waals surface area contributed by atoms with Gasteiger partial charge in [-0.2, -0.15) is 0 Å². The van der Waals surface area contributed by atoms with Crippen molar-refractivity contribution in [1.82, 2.24) is 4.90 Å².